The van der Waals surface area contributed by atoms with Crippen LogP contribution in [0, 0.1) is 0 Å². The molecule has 0 aliphatic carbocycles. The number of para-hydroxylation sites is 1. The third-order valence-electron chi connectivity index (χ3n) is 4.87. The van der Waals surface area contributed by atoms with E-state index in [0.29, 0.717) is 22.6 Å². The van der Waals surface area contributed by atoms with Crippen LogP contribution >= 0.6 is 0 Å². The summed E-state index contributed by atoms with van der Waals surface area (Å²) < 4.78 is 5.84. The van der Waals surface area contributed by atoms with Gasteiger partial charge in [0.25, 0.3) is 5.91 Å². The van der Waals surface area contributed by atoms with Crippen LogP contribution in [0.2, 0.25) is 0 Å². The van der Waals surface area contributed by atoms with Crippen molar-refractivity contribution in [1.29, 1.82) is 0 Å². The fourth-order valence-corrected chi connectivity index (χ4v) is 3.27. The zero-order valence-corrected chi connectivity index (χ0v) is 16.5. The lowest BCUT2D eigenvalue weighted by Crippen LogP contribution is -2.30. The molecule has 0 radical (unpaired) electrons. The van der Waals surface area contributed by atoms with Crippen molar-refractivity contribution in [2.75, 3.05) is 5.32 Å². The van der Waals surface area contributed by atoms with Gasteiger partial charge in [0.2, 0.25) is 0 Å². The lowest BCUT2D eigenvalue weighted by Gasteiger charge is -2.16. The van der Waals surface area contributed by atoms with Crippen molar-refractivity contribution >= 4 is 28.2 Å². The molecular formula is C26H21NO3. The Morgan fingerprint density at radius 3 is 2.23 bits per heavy atom. The molecule has 4 aromatic carbocycles. The van der Waals surface area contributed by atoms with Crippen LogP contribution in [0.4, 0.5) is 5.69 Å². The van der Waals surface area contributed by atoms with E-state index in [1.165, 1.54) is 0 Å². The fraction of sp³-hybridized carbons (Fsp3) is 0.0769. The molecule has 0 unspecified atom stereocenters. The minimum atomic E-state index is -0.731. The third-order valence-corrected chi connectivity index (χ3v) is 4.87. The maximum Gasteiger partial charge on any atom is 0.265 e. The average molecular weight is 395 g/mol. The minimum absolute atomic E-state index is 0.144. The van der Waals surface area contributed by atoms with Crippen LogP contribution in [0.3, 0.4) is 0 Å². The molecule has 0 aliphatic rings. The van der Waals surface area contributed by atoms with E-state index in [0.717, 1.165) is 10.8 Å². The summed E-state index contributed by atoms with van der Waals surface area (Å²) in [5, 5.41) is 4.98. The first-order chi connectivity index (χ1) is 14.6. The highest BCUT2D eigenvalue weighted by atomic mass is 16.5. The molecule has 4 rings (SSSR count). The van der Waals surface area contributed by atoms with Gasteiger partial charge in [0, 0.05) is 11.1 Å². The number of ketones is 1. The van der Waals surface area contributed by atoms with Crippen molar-refractivity contribution in [2.24, 2.45) is 0 Å². The van der Waals surface area contributed by atoms with Crippen molar-refractivity contribution in [3.05, 3.63) is 108 Å². The second-order valence-corrected chi connectivity index (χ2v) is 7.00. The normalized spacial score (nSPS) is 11.6. The van der Waals surface area contributed by atoms with Gasteiger partial charge in [-0.25, -0.2) is 0 Å². The van der Waals surface area contributed by atoms with Crippen LogP contribution in [-0.4, -0.2) is 17.8 Å². The Bertz CT molecular complexity index is 1200. The largest absolute Gasteiger partial charge is 0.481 e. The lowest BCUT2D eigenvalue weighted by molar-refractivity contribution is -0.122. The van der Waals surface area contributed by atoms with E-state index < -0.39 is 6.10 Å². The molecule has 1 atom stereocenters. The number of carbonyl (C=O) groups excluding carboxylic acids is 2. The van der Waals surface area contributed by atoms with E-state index in [1.807, 2.05) is 60.7 Å². The van der Waals surface area contributed by atoms with Crippen molar-refractivity contribution in [1.82, 2.24) is 0 Å². The predicted molar refractivity (Wildman–Crippen MR) is 119 cm³/mol. The van der Waals surface area contributed by atoms with Gasteiger partial charge in [-0.15, -0.1) is 0 Å². The van der Waals surface area contributed by atoms with Gasteiger partial charge in [-0.05, 0) is 42.0 Å². The number of carbonyl (C=O) groups is 2. The third kappa shape index (κ3) is 4.23. The maximum atomic E-state index is 12.9. The molecule has 1 N–H and O–H groups in total. The number of hydrogen-bond acceptors (Lipinski definition) is 3. The average Bonchev–Trinajstić information content (AvgIpc) is 2.79. The van der Waals surface area contributed by atoms with Gasteiger partial charge >= 0.3 is 0 Å². The number of nitrogens with one attached hydrogen (secondary N) is 1. The van der Waals surface area contributed by atoms with Crippen LogP contribution in [0.15, 0.2) is 97.1 Å². The summed E-state index contributed by atoms with van der Waals surface area (Å²) in [6.07, 6.45) is -0.731. The molecule has 0 fully saturated rings. The Hall–Kier alpha value is -3.92. The van der Waals surface area contributed by atoms with E-state index in [9.17, 15) is 9.59 Å². The summed E-state index contributed by atoms with van der Waals surface area (Å²) in [7, 11) is 0. The fourth-order valence-electron chi connectivity index (χ4n) is 3.27. The first-order valence-corrected chi connectivity index (χ1v) is 9.77. The molecule has 148 valence electrons. The first-order valence-electron chi connectivity index (χ1n) is 9.77. The van der Waals surface area contributed by atoms with Gasteiger partial charge in [-0.1, -0.05) is 72.8 Å². The maximum absolute atomic E-state index is 12.9. The van der Waals surface area contributed by atoms with Crippen LogP contribution in [0.5, 0.6) is 5.75 Å². The van der Waals surface area contributed by atoms with E-state index in [2.05, 4.69) is 5.32 Å². The minimum Gasteiger partial charge on any atom is -0.481 e. The summed E-state index contributed by atoms with van der Waals surface area (Å²) in [5.74, 6) is 0.149. The number of ether oxygens (including phenoxy) is 1. The highest BCUT2D eigenvalue weighted by molar-refractivity contribution is 6.14. The highest BCUT2D eigenvalue weighted by Gasteiger charge is 2.19. The predicted octanol–water partition coefficient (Wildman–Crippen LogP) is 5.48. The molecule has 0 spiro atoms. The Balaban J connectivity index is 1.50. The summed E-state index contributed by atoms with van der Waals surface area (Å²) in [4.78, 5) is 25.6. The highest BCUT2D eigenvalue weighted by Crippen LogP contribution is 2.23. The molecule has 0 bridgehead atoms. The van der Waals surface area contributed by atoms with Crippen LogP contribution < -0.4 is 10.1 Å². The number of anilines is 1. The van der Waals surface area contributed by atoms with E-state index in [4.69, 9.17) is 4.74 Å². The van der Waals surface area contributed by atoms with E-state index >= 15 is 0 Å². The molecule has 4 aromatic rings. The summed E-state index contributed by atoms with van der Waals surface area (Å²) in [6.45, 7) is 1.69. The number of benzene rings is 4. The molecule has 4 nitrogen and oxygen atoms in total. The SMILES string of the molecule is C[C@@H](Oc1ccc2ccccc2c1)C(=O)Nc1ccccc1C(=O)c1ccccc1. The molecule has 0 heterocycles. The smallest absolute Gasteiger partial charge is 0.265 e. The second-order valence-electron chi connectivity index (χ2n) is 7.00. The number of rotatable bonds is 6. The van der Waals surface area contributed by atoms with Gasteiger partial charge in [0.1, 0.15) is 5.75 Å². The molecule has 1 amide bonds. The van der Waals surface area contributed by atoms with Gasteiger partial charge in [-0.2, -0.15) is 0 Å². The molecule has 0 aromatic heterocycles. The van der Waals surface area contributed by atoms with Gasteiger partial charge in [-0.3, -0.25) is 9.59 Å². The Labute approximate surface area is 175 Å². The zero-order chi connectivity index (χ0) is 20.9. The van der Waals surface area contributed by atoms with Crippen LogP contribution in [0.1, 0.15) is 22.8 Å². The van der Waals surface area contributed by atoms with Crippen LogP contribution in [-0.2, 0) is 4.79 Å². The number of fused-ring (bicyclic) bond motifs is 1. The Morgan fingerprint density at radius 2 is 1.43 bits per heavy atom. The monoisotopic (exact) mass is 395 g/mol. The second kappa shape index (κ2) is 8.62. The van der Waals surface area contributed by atoms with Crippen molar-refractivity contribution in [2.45, 2.75) is 13.0 Å². The molecule has 0 aliphatic heterocycles. The standard InChI is InChI=1S/C26H21NO3/c1-18(30-22-16-15-19-9-5-6-12-21(19)17-22)26(29)27-24-14-8-7-13-23(24)25(28)20-10-3-2-4-11-20/h2-18H,1H3,(H,27,29)/t18-/m1/s1. The van der Waals surface area contributed by atoms with Crippen molar-refractivity contribution in [3.63, 3.8) is 0 Å². The van der Waals surface area contributed by atoms with Gasteiger partial charge < -0.3 is 10.1 Å². The van der Waals surface area contributed by atoms with Crippen LogP contribution in [0.25, 0.3) is 10.8 Å². The summed E-state index contributed by atoms with van der Waals surface area (Å²) in [6, 6.07) is 29.7. The number of amides is 1. The lowest BCUT2D eigenvalue weighted by atomic mass is 10.0. The van der Waals surface area contributed by atoms with E-state index in [-0.39, 0.29) is 11.7 Å². The molecule has 4 heteroatoms. The zero-order valence-electron chi connectivity index (χ0n) is 16.5. The van der Waals surface area contributed by atoms with Crippen molar-refractivity contribution < 1.29 is 14.3 Å². The first kappa shape index (κ1) is 19.4. The summed E-state index contributed by atoms with van der Waals surface area (Å²) in [5.41, 5.74) is 1.47. The van der Waals surface area contributed by atoms with Gasteiger partial charge in [0.15, 0.2) is 11.9 Å². The van der Waals surface area contributed by atoms with E-state index in [1.54, 1.807) is 43.3 Å². The quantitative estimate of drug-likeness (QED) is 0.440. The molecule has 30 heavy (non-hydrogen) atoms. The Morgan fingerprint density at radius 1 is 0.767 bits per heavy atom. The topological polar surface area (TPSA) is 55.4 Å². The number of hydrogen-bond donors (Lipinski definition) is 1. The molecular weight excluding hydrogens is 374 g/mol. The van der Waals surface area contributed by atoms with Gasteiger partial charge in [0.05, 0.1) is 5.69 Å². The summed E-state index contributed by atoms with van der Waals surface area (Å²) >= 11 is 0. The Kier molecular flexibility index (Phi) is 5.57. The molecule has 0 saturated heterocycles. The molecule has 0 saturated carbocycles. The van der Waals surface area contributed by atoms with Crippen molar-refractivity contribution in [3.8, 4) is 5.75 Å².